The van der Waals surface area contributed by atoms with Crippen LogP contribution in [0.2, 0.25) is 0 Å². The average Bonchev–Trinajstić information content (AvgIpc) is 2.28. The predicted octanol–water partition coefficient (Wildman–Crippen LogP) is 0.869. The van der Waals surface area contributed by atoms with Crippen molar-refractivity contribution in [1.29, 1.82) is 0 Å². The maximum absolute atomic E-state index is 12.5. The molecule has 0 unspecified atom stereocenters. The molecule has 1 aliphatic heterocycles. The molecule has 0 aliphatic carbocycles. The third kappa shape index (κ3) is 2.74. The summed E-state index contributed by atoms with van der Waals surface area (Å²) in [5.41, 5.74) is -0.307. The van der Waals surface area contributed by atoms with Gasteiger partial charge in [0.25, 0.3) is 0 Å². The first kappa shape index (κ1) is 13.5. The van der Waals surface area contributed by atoms with Gasteiger partial charge in [-0.25, -0.2) is 0 Å². The van der Waals surface area contributed by atoms with E-state index in [1.54, 1.807) is 7.11 Å². The number of nitrogens with one attached hydrogen (secondary N) is 1. The monoisotopic (exact) mass is 228 g/mol. The smallest absolute Gasteiger partial charge is 0.231 e. The molecule has 0 aromatic rings. The Morgan fingerprint density at radius 3 is 2.44 bits per heavy atom. The van der Waals surface area contributed by atoms with Crippen LogP contribution in [0, 0.1) is 5.41 Å². The minimum atomic E-state index is -0.307. The fourth-order valence-electron chi connectivity index (χ4n) is 2.21. The van der Waals surface area contributed by atoms with Gasteiger partial charge in [0, 0.05) is 20.2 Å². The van der Waals surface area contributed by atoms with Gasteiger partial charge in [-0.2, -0.15) is 0 Å². The van der Waals surface area contributed by atoms with Crippen molar-refractivity contribution in [2.45, 2.75) is 32.7 Å². The Bertz CT molecular complexity index is 230. The van der Waals surface area contributed by atoms with Gasteiger partial charge in [-0.05, 0) is 39.8 Å². The van der Waals surface area contributed by atoms with Gasteiger partial charge in [0.05, 0.1) is 12.0 Å². The zero-order valence-corrected chi connectivity index (χ0v) is 10.9. The fraction of sp³-hybridized carbons (Fsp3) is 0.917. The molecule has 0 aromatic carbocycles. The van der Waals surface area contributed by atoms with Crippen molar-refractivity contribution >= 4 is 5.91 Å². The molecule has 0 saturated carbocycles. The number of nitrogens with zero attached hydrogens (tertiary/aromatic N) is 1. The summed E-state index contributed by atoms with van der Waals surface area (Å²) >= 11 is 0. The lowest BCUT2D eigenvalue weighted by Gasteiger charge is -2.39. The number of piperidine rings is 1. The lowest BCUT2D eigenvalue weighted by atomic mass is 9.78. The van der Waals surface area contributed by atoms with E-state index in [0.717, 1.165) is 25.9 Å². The molecule has 1 N–H and O–H groups in total. The summed E-state index contributed by atoms with van der Waals surface area (Å²) in [7, 11) is 3.55. The van der Waals surface area contributed by atoms with Gasteiger partial charge in [0.15, 0.2) is 0 Å². The molecule has 0 aromatic heterocycles. The zero-order chi connectivity index (χ0) is 12.2. The van der Waals surface area contributed by atoms with Crippen LogP contribution in [-0.4, -0.2) is 50.7 Å². The van der Waals surface area contributed by atoms with Crippen molar-refractivity contribution in [3.63, 3.8) is 0 Å². The Morgan fingerprint density at radius 1 is 1.44 bits per heavy atom. The quantitative estimate of drug-likeness (QED) is 0.776. The highest BCUT2D eigenvalue weighted by atomic mass is 16.5. The van der Waals surface area contributed by atoms with Crippen LogP contribution < -0.4 is 5.32 Å². The molecule has 94 valence electrons. The van der Waals surface area contributed by atoms with E-state index in [2.05, 4.69) is 5.32 Å². The van der Waals surface area contributed by atoms with Gasteiger partial charge in [0.1, 0.15) is 0 Å². The number of carbonyl (C=O) groups is 1. The Morgan fingerprint density at radius 2 is 2.00 bits per heavy atom. The van der Waals surface area contributed by atoms with Crippen LogP contribution in [-0.2, 0) is 9.53 Å². The zero-order valence-electron chi connectivity index (χ0n) is 10.9. The lowest BCUT2D eigenvalue weighted by Crippen LogP contribution is -2.52. The first-order valence-electron chi connectivity index (χ1n) is 6.00. The molecule has 1 saturated heterocycles. The van der Waals surface area contributed by atoms with E-state index in [9.17, 15) is 4.79 Å². The summed E-state index contributed by atoms with van der Waals surface area (Å²) in [6.45, 7) is 6.42. The topological polar surface area (TPSA) is 41.6 Å². The molecule has 1 amide bonds. The molecule has 4 heteroatoms. The van der Waals surface area contributed by atoms with Crippen LogP contribution in [0.25, 0.3) is 0 Å². The number of amides is 1. The van der Waals surface area contributed by atoms with E-state index in [0.29, 0.717) is 6.61 Å². The maximum atomic E-state index is 12.5. The van der Waals surface area contributed by atoms with Crippen LogP contribution in [0.1, 0.15) is 26.7 Å². The molecular weight excluding hydrogens is 204 g/mol. The van der Waals surface area contributed by atoms with E-state index in [1.165, 1.54) is 0 Å². The molecule has 1 heterocycles. The van der Waals surface area contributed by atoms with Crippen molar-refractivity contribution in [2.24, 2.45) is 5.41 Å². The van der Waals surface area contributed by atoms with Crippen LogP contribution >= 0.6 is 0 Å². The van der Waals surface area contributed by atoms with Crippen molar-refractivity contribution in [1.82, 2.24) is 10.2 Å². The number of rotatable bonds is 4. The molecule has 16 heavy (non-hydrogen) atoms. The third-order valence-corrected chi connectivity index (χ3v) is 3.53. The van der Waals surface area contributed by atoms with Gasteiger partial charge < -0.3 is 15.0 Å². The predicted molar refractivity (Wildman–Crippen MR) is 64.3 cm³/mol. The normalized spacial score (nSPS) is 19.8. The summed E-state index contributed by atoms with van der Waals surface area (Å²) in [6.07, 6.45) is 1.74. The second kappa shape index (κ2) is 5.64. The second-order valence-corrected chi connectivity index (χ2v) is 4.97. The van der Waals surface area contributed by atoms with Gasteiger partial charge >= 0.3 is 0 Å². The molecule has 1 rings (SSSR count). The summed E-state index contributed by atoms with van der Waals surface area (Å²) in [5, 5.41) is 3.29. The van der Waals surface area contributed by atoms with Crippen LogP contribution in [0.4, 0.5) is 0 Å². The minimum Gasteiger partial charge on any atom is -0.384 e. The molecule has 0 radical (unpaired) electrons. The first-order valence-corrected chi connectivity index (χ1v) is 6.00. The number of carbonyl (C=O) groups excluding carboxylic acids is 1. The van der Waals surface area contributed by atoms with E-state index >= 15 is 0 Å². The summed E-state index contributed by atoms with van der Waals surface area (Å²) in [6, 6.07) is 0.246. The highest BCUT2D eigenvalue weighted by Crippen LogP contribution is 2.31. The third-order valence-electron chi connectivity index (χ3n) is 3.53. The van der Waals surface area contributed by atoms with Crippen molar-refractivity contribution in [2.75, 3.05) is 33.9 Å². The summed E-state index contributed by atoms with van der Waals surface area (Å²) in [4.78, 5) is 14.3. The Hall–Kier alpha value is -0.610. The van der Waals surface area contributed by atoms with E-state index in [-0.39, 0.29) is 17.4 Å². The SMILES string of the molecule is COCC1(C(=O)N(C)C(C)C)CCNCC1. The Balaban J connectivity index is 2.79. The van der Waals surface area contributed by atoms with Crippen LogP contribution in [0.3, 0.4) is 0 Å². The molecule has 0 atom stereocenters. The average molecular weight is 228 g/mol. The number of ether oxygens (including phenoxy) is 1. The van der Waals surface area contributed by atoms with Crippen molar-refractivity contribution in [3.05, 3.63) is 0 Å². The Labute approximate surface area is 98.3 Å². The summed E-state index contributed by atoms with van der Waals surface area (Å²) in [5.74, 6) is 0.228. The summed E-state index contributed by atoms with van der Waals surface area (Å²) < 4.78 is 5.26. The lowest BCUT2D eigenvalue weighted by molar-refractivity contribution is -0.147. The minimum absolute atomic E-state index is 0.228. The first-order chi connectivity index (χ1) is 7.53. The van der Waals surface area contributed by atoms with E-state index < -0.39 is 0 Å². The van der Waals surface area contributed by atoms with E-state index in [1.807, 2.05) is 25.8 Å². The van der Waals surface area contributed by atoms with Gasteiger partial charge in [-0.15, -0.1) is 0 Å². The highest BCUT2D eigenvalue weighted by Gasteiger charge is 2.41. The molecule has 0 bridgehead atoms. The highest BCUT2D eigenvalue weighted by molar-refractivity contribution is 5.83. The van der Waals surface area contributed by atoms with Gasteiger partial charge in [-0.1, -0.05) is 0 Å². The standard InChI is InChI=1S/C12H24N2O2/c1-10(2)14(3)11(15)12(9-16-4)5-7-13-8-6-12/h10,13H,5-9H2,1-4H3. The maximum Gasteiger partial charge on any atom is 0.231 e. The Kier molecular flexibility index (Phi) is 4.74. The van der Waals surface area contributed by atoms with Crippen LogP contribution in [0.5, 0.6) is 0 Å². The van der Waals surface area contributed by atoms with E-state index in [4.69, 9.17) is 4.74 Å². The van der Waals surface area contributed by atoms with Gasteiger partial charge in [0.2, 0.25) is 5.91 Å². The number of hydrogen-bond donors (Lipinski definition) is 1. The molecule has 4 nitrogen and oxygen atoms in total. The molecular formula is C12H24N2O2. The fourth-order valence-corrected chi connectivity index (χ4v) is 2.21. The van der Waals surface area contributed by atoms with Crippen LogP contribution in [0.15, 0.2) is 0 Å². The largest absolute Gasteiger partial charge is 0.384 e. The number of hydrogen-bond acceptors (Lipinski definition) is 3. The second-order valence-electron chi connectivity index (χ2n) is 4.97. The molecule has 1 fully saturated rings. The van der Waals surface area contributed by atoms with Gasteiger partial charge in [-0.3, -0.25) is 4.79 Å². The number of methoxy groups -OCH3 is 1. The molecule has 0 spiro atoms. The van der Waals surface area contributed by atoms with Crippen molar-refractivity contribution in [3.8, 4) is 0 Å². The molecule has 1 aliphatic rings. The van der Waals surface area contributed by atoms with Crippen molar-refractivity contribution < 1.29 is 9.53 Å².